The van der Waals surface area contributed by atoms with E-state index >= 15 is 0 Å². The molecule has 0 bridgehead atoms. The van der Waals surface area contributed by atoms with E-state index in [4.69, 9.17) is 33.2 Å². The van der Waals surface area contributed by atoms with E-state index in [2.05, 4.69) is 0 Å². The average Bonchev–Trinajstić information content (AvgIpc) is 2.34. The molecule has 0 aliphatic rings. The predicted molar refractivity (Wildman–Crippen MR) is 85.4 cm³/mol. The van der Waals surface area contributed by atoms with Crippen LogP contribution in [0.4, 0.5) is 8.78 Å². The minimum Gasteiger partial charge on any atom is -0.423 e. The van der Waals surface area contributed by atoms with Gasteiger partial charge in [0.15, 0.2) is 0 Å². The van der Waals surface area contributed by atoms with Crippen LogP contribution < -0.4 is 5.46 Å². The second kappa shape index (κ2) is 8.14. The number of hydrogen-bond donors (Lipinski definition) is 2. The van der Waals surface area contributed by atoms with Gasteiger partial charge in [-0.3, -0.25) is 0 Å². The van der Waals surface area contributed by atoms with E-state index in [9.17, 15) is 8.78 Å². The molecule has 2 nitrogen and oxygen atoms in total. The van der Waals surface area contributed by atoms with Gasteiger partial charge in [0.05, 0.1) is 5.02 Å². The van der Waals surface area contributed by atoms with Gasteiger partial charge in [-0.05, 0) is 52.9 Å². The molecule has 2 N–H and O–H groups in total. The Morgan fingerprint density at radius 1 is 0.900 bits per heavy atom. The fraction of sp³-hybridized carbons (Fsp3) is 0. The molecule has 0 aromatic heterocycles. The first-order chi connectivity index (χ1) is 9.31. The van der Waals surface area contributed by atoms with Crippen molar-refractivity contribution in [2.75, 3.05) is 0 Å². The fourth-order valence-corrected chi connectivity index (χ4v) is 1.95. The Morgan fingerprint density at radius 3 is 1.80 bits per heavy atom. The Morgan fingerprint density at radius 2 is 1.40 bits per heavy atom. The van der Waals surface area contributed by atoms with Crippen molar-refractivity contribution in [3.05, 3.63) is 61.6 Å². The van der Waals surface area contributed by atoms with Crippen LogP contribution in [0.2, 0.25) is 10.0 Å². The first-order valence-corrected chi connectivity index (χ1v) is 7.06. The summed E-state index contributed by atoms with van der Waals surface area (Å²) in [5.41, 5.74) is 0.105. The zero-order chi connectivity index (χ0) is 15.3. The van der Waals surface area contributed by atoms with E-state index in [1.165, 1.54) is 18.2 Å². The monoisotopic (exact) mass is 430 g/mol. The van der Waals surface area contributed by atoms with E-state index in [1.807, 2.05) is 22.6 Å². The smallest absolute Gasteiger partial charge is 0.423 e. The Labute approximate surface area is 138 Å². The molecule has 0 aliphatic heterocycles. The van der Waals surface area contributed by atoms with Gasteiger partial charge in [0.25, 0.3) is 0 Å². The van der Waals surface area contributed by atoms with Gasteiger partial charge < -0.3 is 10.0 Å². The molecule has 0 fully saturated rings. The largest absolute Gasteiger partial charge is 0.489 e. The molecule has 106 valence electrons. The van der Waals surface area contributed by atoms with E-state index < -0.39 is 12.9 Å². The molecule has 2 rings (SSSR count). The van der Waals surface area contributed by atoms with E-state index in [0.717, 1.165) is 15.7 Å². The van der Waals surface area contributed by atoms with Crippen LogP contribution in [0.15, 0.2) is 36.4 Å². The van der Waals surface area contributed by atoms with Gasteiger partial charge in [-0.25, -0.2) is 8.78 Å². The molecule has 8 heteroatoms. The third kappa shape index (κ3) is 5.53. The van der Waals surface area contributed by atoms with Crippen molar-refractivity contribution in [1.82, 2.24) is 0 Å². The molecule has 0 radical (unpaired) electrons. The fourth-order valence-electron chi connectivity index (χ4n) is 1.18. The molecule has 0 saturated carbocycles. The van der Waals surface area contributed by atoms with Gasteiger partial charge in [-0.15, -0.1) is 0 Å². The normalized spacial score (nSPS) is 9.75. The van der Waals surface area contributed by atoms with Crippen LogP contribution >= 0.6 is 45.8 Å². The van der Waals surface area contributed by atoms with Crippen LogP contribution in [0.3, 0.4) is 0 Å². The van der Waals surface area contributed by atoms with Crippen molar-refractivity contribution in [3.63, 3.8) is 0 Å². The van der Waals surface area contributed by atoms with Gasteiger partial charge in [0.2, 0.25) is 0 Å². The summed E-state index contributed by atoms with van der Waals surface area (Å²) in [6.07, 6.45) is 0. The molecule has 0 amide bonds. The molecule has 0 spiro atoms. The molecule has 0 aliphatic carbocycles. The third-order valence-corrected chi connectivity index (χ3v) is 4.02. The lowest BCUT2D eigenvalue weighted by atomic mass is 9.80. The van der Waals surface area contributed by atoms with E-state index in [0.29, 0.717) is 5.02 Å². The van der Waals surface area contributed by atoms with E-state index in [1.54, 1.807) is 6.07 Å². The highest BCUT2D eigenvalue weighted by atomic mass is 127. The Kier molecular flexibility index (Phi) is 7.18. The molecule has 2 aromatic rings. The SMILES string of the molecule is Fc1ccc(I)c(Cl)c1.OB(O)c1ccc(F)cc1Cl. The van der Waals surface area contributed by atoms with Gasteiger partial charge in [0.1, 0.15) is 11.6 Å². The molecule has 0 heterocycles. The summed E-state index contributed by atoms with van der Waals surface area (Å²) in [5, 5.41) is 17.8. The maximum atomic E-state index is 12.4. The highest BCUT2D eigenvalue weighted by Gasteiger charge is 2.14. The lowest BCUT2D eigenvalue weighted by molar-refractivity contribution is 0.425. The number of benzene rings is 2. The van der Waals surface area contributed by atoms with Crippen molar-refractivity contribution in [2.45, 2.75) is 0 Å². The molecule has 0 saturated heterocycles. The van der Waals surface area contributed by atoms with Crippen molar-refractivity contribution in [3.8, 4) is 0 Å². The van der Waals surface area contributed by atoms with E-state index in [-0.39, 0.29) is 16.3 Å². The zero-order valence-corrected chi connectivity index (χ0v) is 13.5. The summed E-state index contributed by atoms with van der Waals surface area (Å²) < 4.78 is 25.5. The summed E-state index contributed by atoms with van der Waals surface area (Å²) >= 11 is 13.1. The van der Waals surface area contributed by atoms with Crippen LogP contribution in [0.1, 0.15) is 0 Å². The topological polar surface area (TPSA) is 40.5 Å². The molecule has 2 aromatic carbocycles. The lowest BCUT2D eigenvalue weighted by Crippen LogP contribution is -2.30. The van der Waals surface area contributed by atoms with Crippen LogP contribution in [0.5, 0.6) is 0 Å². The van der Waals surface area contributed by atoms with Crippen LogP contribution in [0, 0.1) is 15.2 Å². The Balaban J connectivity index is 0.000000204. The molecule has 0 atom stereocenters. The van der Waals surface area contributed by atoms with Crippen LogP contribution in [-0.4, -0.2) is 17.2 Å². The minimum absolute atomic E-state index is 0.0139. The minimum atomic E-state index is -1.65. The predicted octanol–water partition coefficient (Wildman–Crippen LogP) is 3.24. The molecule has 0 unspecified atom stereocenters. The zero-order valence-electron chi connectivity index (χ0n) is 9.83. The standard InChI is InChI=1S/C6H5BClFO2.C6H3ClFI/c8-6-3-4(9)1-2-5(6)7(10)11;7-5-3-4(8)1-2-6(5)9/h1-3,10-11H;1-3H. The highest BCUT2D eigenvalue weighted by molar-refractivity contribution is 14.1. The second-order valence-corrected chi connectivity index (χ2v) is 5.57. The number of hydrogen-bond acceptors (Lipinski definition) is 2. The quantitative estimate of drug-likeness (QED) is 0.414. The van der Waals surface area contributed by atoms with Gasteiger partial charge in [-0.1, -0.05) is 29.3 Å². The summed E-state index contributed by atoms with van der Waals surface area (Å²) in [7, 11) is -1.65. The van der Waals surface area contributed by atoms with Crippen molar-refractivity contribution < 1.29 is 18.8 Å². The maximum absolute atomic E-state index is 12.4. The van der Waals surface area contributed by atoms with Crippen LogP contribution in [-0.2, 0) is 0 Å². The van der Waals surface area contributed by atoms with Gasteiger partial charge >= 0.3 is 7.12 Å². The Hall–Kier alpha value is -0.405. The average molecular weight is 431 g/mol. The summed E-state index contributed by atoms with van der Waals surface area (Å²) in [6.45, 7) is 0. The van der Waals surface area contributed by atoms with Crippen LogP contribution in [0.25, 0.3) is 0 Å². The van der Waals surface area contributed by atoms with Gasteiger partial charge in [-0.2, -0.15) is 0 Å². The van der Waals surface area contributed by atoms with Crippen molar-refractivity contribution in [1.29, 1.82) is 0 Å². The van der Waals surface area contributed by atoms with Crippen molar-refractivity contribution in [2.24, 2.45) is 0 Å². The highest BCUT2D eigenvalue weighted by Crippen LogP contribution is 2.18. The maximum Gasteiger partial charge on any atom is 0.489 e. The van der Waals surface area contributed by atoms with Crippen molar-refractivity contribution >= 4 is 58.4 Å². The van der Waals surface area contributed by atoms with Gasteiger partial charge in [0, 0.05) is 14.1 Å². The molecular weight excluding hydrogens is 423 g/mol. The summed E-state index contributed by atoms with van der Waals surface area (Å²) in [4.78, 5) is 0. The third-order valence-electron chi connectivity index (χ3n) is 2.12. The summed E-state index contributed by atoms with van der Waals surface area (Å²) in [6, 6.07) is 7.68. The first-order valence-electron chi connectivity index (χ1n) is 5.23. The second-order valence-electron chi connectivity index (χ2n) is 3.60. The first kappa shape index (κ1) is 17.6. The number of rotatable bonds is 1. The Bertz CT molecular complexity index is 600. The molecule has 20 heavy (non-hydrogen) atoms. The number of halogens is 5. The summed E-state index contributed by atoms with van der Waals surface area (Å²) in [5.74, 6) is -0.792. The lowest BCUT2D eigenvalue weighted by Gasteiger charge is -2.00. The molecular formula is C12H8BCl2F2IO2.